The lowest BCUT2D eigenvalue weighted by Gasteiger charge is -2.19. The van der Waals surface area contributed by atoms with Gasteiger partial charge in [0.15, 0.2) is 0 Å². The van der Waals surface area contributed by atoms with Gasteiger partial charge in [-0.25, -0.2) is 4.39 Å². The number of halogens is 4. The molecule has 1 aliphatic carbocycles. The van der Waals surface area contributed by atoms with Gasteiger partial charge in [0.1, 0.15) is 5.82 Å². The molecule has 0 heterocycles. The summed E-state index contributed by atoms with van der Waals surface area (Å²) < 4.78 is 50.2. The van der Waals surface area contributed by atoms with Crippen LogP contribution in [0.4, 0.5) is 17.3 Å². The Hall–Kier alpha value is -0.995. The third kappa shape index (κ3) is 1.76. The van der Waals surface area contributed by atoms with E-state index in [9.17, 15) is 17.3 Å². The first-order valence-electron chi connectivity index (χ1n) is 4.48. The first-order valence-corrected chi connectivity index (χ1v) is 4.48. The van der Waals surface area contributed by atoms with Crippen LogP contribution in [0.15, 0.2) is 18.2 Å². The summed E-state index contributed by atoms with van der Waals surface area (Å²) in [5, 5.41) is 0. The third-order valence-electron chi connectivity index (χ3n) is 2.42. The molecule has 76 valence electrons. The molecule has 0 nitrogen and oxygen atoms in total. The van der Waals surface area contributed by atoms with Crippen molar-refractivity contribution in [3.05, 3.63) is 29.6 Å². The molecular weight excluding hydrogens is 195 g/mol. The molecule has 0 aliphatic heterocycles. The Morgan fingerprint density at radius 1 is 1.14 bits per heavy atom. The van der Waals surface area contributed by atoms with E-state index in [2.05, 4.69) is 0 Å². The normalized spacial score (nSPS) is 17.1. The molecule has 5 heteroatoms. The summed E-state index contributed by atoms with van der Waals surface area (Å²) in [4.78, 5) is 0. The van der Waals surface area contributed by atoms with Crippen LogP contribution in [-0.2, 0) is 0 Å². The first-order chi connectivity index (χ1) is 6.48. The lowest BCUT2D eigenvalue weighted by Crippen LogP contribution is -2.37. The molecule has 0 unspecified atom stereocenters. The molecule has 14 heavy (non-hydrogen) atoms. The highest BCUT2D eigenvalue weighted by molar-refractivity contribution is 6.74. The van der Waals surface area contributed by atoms with E-state index in [1.807, 2.05) is 0 Å². The Balaban J connectivity index is 2.48. The summed E-state index contributed by atoms with van der Waals surface area (Å²) in [5.41, 5.74) is -0.494. The Labute approximate surface area is 79.0 Å². The average molecular weight is 203 g/mol. The van der Waals surface area contributed by atoms with Crippen molar-refractivity contribution >= 4 is 12.4 Å². The molecule has 1 aromatic carbocycles. The van der Waals surface area contributed by atoms with Crippen molar-refractivity contribution in [1.82, 2.24) is 0 Å². The molecule has 0 atom stereocenters. The van der Waals surface area contributed by atoms with Crippen LogP contribution >= 0.6 is 0 Å². The van der Waals surface area contributed by atoms with Crippen LogP contribution in [-0.4, -0.2) is 6.98 Å². The van der Waals surface area contributed by atoms with Crippen molar-refractivity contribution in [2.75, 3.05) is 0 Å². The molecular formula is C9H8BF4-. The van der Waals surface area contributed by atoms with E-state index in [-0.39, 0.29) is 11.5 Å². The van der Waals surface area contributed by atoms with Crippen molar-refractivity contribution in [1.29, 1.82) is 0 Å². The lowest BCUT2D eigenvalue weighted by atomic mass is 9.75. The second-order valence-corrected chi connectivity index (χ2v) is 3.62. The zero-order valence-electron chi connectivity index (χ0n) is 7.31. The van der Waals surface area contributed by atoms with E-state index < -0.39 is 18.3 Å². The molecule has 1 aromatic rings. The Kier molecular flexibility index (Phi) is 2.05. The summed E-state index contributed by atoms with van der Waals surface area (Å²) >= 11 is 0. The smallest absolute Gasteiger partial charge is 0.445 e. The van der Waals surface area contributed by atoms with Gasteiger partial charge in [-0.15, -0.1) is 5.46 Å². The maximum absolute atomic E-state index is 12.7. The van der Waals surface area contributed by atoms with E-state index >= 15 is 0 Å². The second-order valence-electron chi connectivity index (χ2n) is 3.62. The average Bonchev–Trinajstić information content (AvgIpc) is 2.85. The maximum Gasteiger partial charge on any atom is 0.510 e. The fraction of sp³-hybridized carbons (Fsp3) is 0.333. The summed E-state index contributed by atoms with van der Waals surface area (Å²) in [6.07, 6.45) is 1.57. The predicted octanol–water partition coefficient (Wildman–Crippen LogP) is 2.76. The first kappa shape index (κ1) is 9.56. The fourth-order valence-electron chi connectivity index (χ4n) is 1.60. The van der Waals surface area contributed by atoms with E-state index in [0.29, 0.717) is 6.07 Å². The highest BCUT2D eigenvalue weighted by Crippen LogP contribution is 2.40. The molecule has 0 bridgehead atoms. The number of rotatable bonds is 2. The topological polar surface area (TPSA) is 0 Å². The van der Waals surface area contributed by atoms with Gasteiger partial charge in [0.25, 0.3) is 0 Å². The Morgan fingerprint density at radius 3 is 2.29 bits per heavy atom. The molecule has 1 saturated carbocycles. The van der Waals surface area contributed by atoms with Gasteiger partial charge in [-0.3, -0.25) is 0 Å². The van der Waals surface area contributed by atoms with Crippen molar-refractivity contribution in [3.8, 4) is 0 Å². The molecule has 1 fully saturated rings. The van der Waals surface area contributed by atoms with Crippen LogP contribution in [0.5, 0.6) is 0 Å². The molecule has 0 amide bonds. The van der Waals surface area contributed by atoms with Gasteiger partial charge in [0.2, 0.25) is 0 Å². The molecule has 0 saturated heterocycles. The Morgan fingerprint density at radius 2 is 1.79 bits per heavy atom. The summed E-state index contributed by atoms with van der Waals surface area (Å²) in [6.45, 7) is -5.09. The van der Waals surface area contributed by atoms with E-state index in [4.69, 9.17) is 0 Å². The van der Waals surface area contributed by atoms with Crippen LogP contribution in [0.2, 0.25) is 0 Å². The number of hydrogen-bond donors (Lipinski definition) is 0. The van der Waals surface area contributed by atoms with Crippen LogP contribution in [0.1, 0.15) is 24.3 Å². The summed E-state index contributed by atoms with van der Waals surface area (Å²) in [7, 11) is 0. The van der Waals surface area contributed by atoms with E-state index in [0.717, 1.165) is 18.9 Å². The highest BCUT2D eigenvalue weighted by Gasteiger charge is 2.34. The van der Waals surface area contributed by atoms with Crippen molar-refractivity contribution in [3.63, 3.8) is 0 Å². The molecule has 0 aromatic heterocycles. The van der Waals surface area contributed by atoms with Crippen LogP contribution in [0.3, 0.4) is 0 Å². The minimum absolute atomic E-state index is 0.00546. The largest absolute Gasteiger partial charge is 0.510 e. The third-order valence-corrected chi connectivity index (χ3v) is 2.42. The minimum atomic E-state index is -5.09. The number of benzene rings is 1. The van der Waals surface area contributed by atoms with E-state index in [1.165, 1.54) is 6.07 Å². The van der Waals surface area contributed by atoms with Crippen molar-refractivity contribution in [2.45, 2.75) is 18.8 Å². The van der Waals surface area contributed by atoms with Gasteiger partial charge in [-0.1, -0.05) is 17.7 Å². The molecule has 0 radical (unpaired) electrons. The van der Waals surface area contributed by atoms with Gasteiger partial charge in [-0.05, 0) is 24.8 Å². The van der Waals surface area contributed by atoms with E-state index in [1.54, 1.807) is 0 Å². The molecule has 1 aliphatic rings. The summed E-state index contributed by atoms with van der Waals surface area (Å²) in [6, 6.07) is 2.96. The minimum Gasteiger partial charge on any atom is -0.445 e. The maximum atomic E-state index is 12.7. The predicted molar refractivity (Wildman–Crippen MR) is 47.1 cm³/mol. The fourth-order valence-corrected chi connectivity index (χ4v) is 1.60. The monoisotopic (exact) mass is 203 g/mol. The van der Waals surface area contributed by atoms with Crippen molar-refractivity contribution < 1.29 is 17.3 Å². The summed E-state index contributed by atoms with van der Waals surface area (Å²) in [5.74, 6) is -0.822. The van der Waals surface area contributed by atoms with Gasteiger partial charge >= 0.3 is 6.98 Å². The standard InChI is InChI=1S/C9H8BF4/c11-7-3-4-8(6-1-2-6)9(5-7)10(12,13)14/h3-6H,1-2H2/q-1. The Bertz CT molecular complexity index is 354. The SMILES string of the molecule is Fc1ccc(C2CC2)c([B-](F)(F)F)c1. The van der Waals surface area contributed by atoms with Crippen LogP contribution < -0.4 is 5.46 Å². The zero-order chi connectivity index (χ0) is 10.3. The molecule has 0 N–H and O–H groups in total. The lowest BCUT2D eigenvalue weighted by molar-refractivity contribution is 0.499. The van der Waals surface area contributed by atoms with Gasteiger partial charge in [0, 0.05) is 0 Å². The van der Waals surface area contributed by atoms with Gasteiger partial charge < -0.3 is 12.9 Å². The number of hydrogen-bond acceptors (Lipinski definition) is 0. The highest BCUT2D eigenvalue weighted by atomic mass is 19.4. The van der Waals surface area contributed by atoms with Crippen LogP contribution in [0.25, 0.3) is 0 Å². The molecule has 2 rings (SSSR count). The second kappa shape index (κ2) is 3.00. The quantitative estimate of drug-likeness (QED) is 0.512. The van der Waals surface area contributed by atoms with Crippen LogP contribution in [0, 0.1) is 5.82 Å². The zero-order valence-corrected chi connectivity index (χ0v) is 7.31. The van der Waals surface area contributed by atoms with Crippen molar-refractivity contribution in [2.24, 2.45) is 0 Å². The van der Waals surface area contributed by atoms with Gasteiger partial charge in [-0.2, -0.15) is 0 Å². The molecule has 0 spiro atoms. The van der Waals surface area contributed by atoms with Gasteiger partial charge in [0.05, 0.1) is 0 Å².